The Morgan fingerprint density at radius 3 is 2.55 bits per heavy atom. The van der Waals surface area contributed by atoms with Crippen molar-refractivity contribution in [1.29, 1.82) is 0 Å². The average Bonchev–Trinajstić information content (AvgIpc) is 3.10. The van der Waals surface area contributed by atoms with Crippen molar-refractivity contribution < 1.29 is 4.79 Å². The van der Waals surface area contributed by atoms with Crippen LogP contribution in [-0.2, 0) is 11.2 Å². The van der Waals surface area contributed by atoms with E-state index in [0.29, 0.717) is 12.8 Å². The number of hydrogen-bond acceptors (Lipinski definition) is 3. The van der Waals surface area contributed by atoms with Crippen molar-refractivity contribution in [3.63, 3.8) is 0 Å². The van der Waals surface area contributed by atoms with Gasteiger partial charge >= 0.3 is 0 Å². The molecule has 1 fully saturated rings. The number of amides is 1. The Morgan fingerprint density at radius 2 is 1.79 bits per heavy atom. The lowest BCUT2D eigenvalue weighted by molar-refractivity contribution is -0.121. The molecule has 0 unspecified atom stereocenters. The lowest BCUT2D eigenvalue weighted by atomic mass is 9.81. The van der Waals surface area contributed by atoms with Crippen molar-refractivity contribution in [3.05, 3.63) is 60.4 Å². The molecule has 29 heavy (non-hydrogen) atoms. The molecule has 0 saturated carbocycles. The zero-order chi connectivity index (χ0) is 19.4. The highest BCUT2D eigenvalue weighted by Crippen LogP contribution is 2.27. The number of carbonyl (C=O) groups is 1. The van der Waals surface area contributed by atoms with Crippen LogP contribution in [0.4, 0.5) is 0 Å². The van der Waals surface area contributed by atoms with Gasteiger partial charge in [0.25, 0.3) is 0 Å². The summed E-state index contributed by atoms with van der Waals surface area (Å²) in [6.45, 7) is 5.09. The fourth-order valence-electron chi connectivity index (χ4n) is 3.94. The van der Waals surface area contributed by atoms with Crippen LogP contribution >= 0.6 is 12.4 Å². The molecule has 0 radical (unpaired) electrons. The molecule has 2 N–H and O–H groups in total. The molecule has 0 bridgehead atoms. The van der Waals surface area contributed by atoms with Gasteiger partial charge < -0.3 is 10.6 Å². The first-order valence-corrected chi connectivity index (χ1v) is 10.1. The fraction of sp³-hybridized carbons (Fsp3) is 0.391. The zero-order valence-electron chi connectivity index (χ0n) is 16.9. The molecule has 6 heteroatoms. The van der Waals surface area contributed by atoms with Crippen molar-refractivity contribution in [2.75, 3.05) is 19.6 Å². The third-order valence-electron chi connectivity index (χ3n) is 5.74. The van der Waals surface area contributed by atoms with Gasteiger partial charge in [-0.15, -0.1) is 12.4 Å². The molecule has 2 heterocycles. The van der Waals surface area contributed by atoms with Crippen LogP contribution in [0.3, 0.4) is 0 Å². The van der Waals surface area contributed by atoms with E-state index in [1.54, 1.807) is 0 Å². The Labute approximate surface area is 178 Å². The number of aryl methyl sites for hydroxylation is 1. The van der Waals surface area contributed by atoms with Crippen molar-refractivity contribution in [1.82, 2.24) is 20.2 Å². The number of rotatable bonds is 6. The number of aromatic nitrogens is 2. The molecule has 3 aromatic rings. The monoisotopic (exact) mass is 412 g/mol. The second-order valence-corrected chi connectivity index (χ2v) is 8.03. The number of halogens is 1. The zero-order valence-corrected chi connectivity index (χ0v) is 17.7. The minimum absolute atomic E-state index is 0. The second-order valence-electron chi connectivity index (χ2n) is 8.03. The minimum Gasteiger partial charge on any atom is -0.356 e. The van der Waals surface area contributed by atoms with E-state index < -0.39 is 0 Å². The van der Waals surface area contributed by atoms with Crippen LogP contribution in [0.5, 0.6) is 0 Å². The standard InChI is InChI=1S/C23H28N4O.ClH/c1-23(13-15-24-16-14-23)17-25-22(28)12-11-21-26-19-9-5-6-10-20(19)27(21)18-7-3-2-4-8-18;/h2-10,24H,11-17H2,1H3,(H,25,28);1H. The Bertz CT molecular complexity index is 948. The van der Waals surface area contributed by atoms with E-state index in [1.165, 1.54) is 0 Å². The number of nitrogens with one attached hydrogen (secondary N) is 2. The molecular formula is C23H29ClN4O. The van der Waals surface area contributed by atoms with Gasteiger partial charge in [-0.05, 0) is 55.6 Å². The van der Waals surface area contributed by atoms with E-state index in [-0.39, 0.29) is 23.7 Å². The Morgan fingerprint density at radius 1 is 1.10 bits per heavy atom. The SMILES string of the molecule is CC1(CNC(=O)CCc2nc3ccccc3n2-c2ccccc2)CCNCC1.Cl. The maximum Gasteiger partial charge on any atom is 0.220 e. The normalized spacial score (nSPS) is 15.6. The highest BCUT2D eigenvalue weighted by atomic mass is 35.5. The second kappa shape index (κ2) is 9.42. The number of fused-ring (bicyclic) bond motifs is 1. The van der Waals surface area contributed by atoms with Gasteiger partial charge in [-0.2, -0.15) is 0 Å². The number of benzene rings is 2. The molecule has 0 aliphatic carbocycles. The number of imidazole rings is 1. The van der Waals surface area contributed by atoms with Crippen molar-refractivity contribution in [2.45, 2.75) is 32.6 Å². The molecule has 1 saturated heterocycles. The van der Waals surface area contributed by atoms with Gasteiger partial charge in [-0.3, -0.25) is 9.36 Å². The van der Waals surface area contributed by atoms with Crippen LogP contribution in [0.15, 0.2) is 54.6 Å². The van der Waals surface area contributed by atoms with Gasteiger partial charge in [-0.1, -0.05) is 37.3 Å². The molecule has 0 atom stereocenters. The number of para-hydroxylation sites is 3. The van der Waals surface area contributed by atoms with Crippen molar-refractivity contribution >= 4 is 29.3 Å². The lowest BCUT2D eigenvalue weighted by Crippen LogP contribution is -2.42. The molecule has 1 aliphatic heterocycles. The quantitative estimate of drug-likeness (QED) is 0.645. The molecular weight excluding hydrogens is 384 g/mol. The minimum atomic E-state index is 0. The summed E-state index contributed by atoms with van der Waals surface area (Å²) in [4.78, 5) is 17.3. The summed E-state index contributed by atoms with van der Waals surface area (Å²) in [5, 5.41) is 6.54. The van der Waals surface area contributed by atoms with Crippen molar-refractivity contribution in [3.8, 4) is 5.69 Å². The largest absolute Gasteiger partial charge is 0.356 e. The summed E-state index contributed by atoms with van der Waals surface area (Å²) < 4.78 is 2.16. The van der Waals surface area contributed by atoms with Crippen molar-refractivity contribution in [2.24, 2.45) is 5.41 Å². The van der Waals surface area contributed by atoms with E-state index in [9.17, 15) is 4.79 Å². The van der Waals surface area contributed by atoms with Crippen LogP contribution < -0.4 is 10.6 Å². The van der Waals surface area contributed by atoms with Crippen LogP contribution in [0, 0.1) is 5.41 Å². The van der Waals surface area contributed by atoms with Gasteiger partial charge in [0.05, 0.1) is 11.0 Å². The Kier molecular flexibility index (Phi) is 6.93. The first kappa shape index (κ1) is 21.3. The van der Waals surface area contributed by atoms with E-state index >= 15 is 0 Å². The maximum atomic E-state index is 12.5. The lowest BCUT2D eigenvalue weighted by Gasteiger charge is -2.34. The number of hydrogen-bond donors (Lipinski definition) is 2. The maximum absolute atomic E-state index is 12.5. The fourth-order valence-corrected chi connectivity index (χ4v) is 3.94. The molecule has 5 nitrogen and oxygen atoms in total. The predicted octanol–water partition coefficient (Wildman–Crippen LogP) is 3.89. The molecule has 2 aromatic carbocycles. The number of nitrogens with zero attached hydrogens (tertiary/aromatic N) is 2. The highest BCUT2D eigenvalue weighted by molar-refractivity contribution is 5.85. The van der Waals surface area contributed by atoms with Gasteiger partial charge in [0.15, 0.2) is 0 Å². The molecule has 4 rings (SSSR count). The van der Waals surface area contributed by atoms with Crippen LogP contribution in [-0.4, -0.2) is 35.1 Å². The topological polar surface area (TPSA) is 59.0 Å². The highest BCUT2D eigenvalue weighted by Gasteiger charge is 2.27. The Balaban J connectivity index is 0.00000240. The van der Waals surface area contributed by atoms with Gasteiger partial charge in [0, 0.05) is 25.1 Å². The van der Waals surface area contributed by atoms with E-state index in [4.69, 9.17) is 4.98 Å². The van der Waals surface area contributed by atoms with E-state index in [0.717, 1.165) is 55.0 Å². The molecule has 1 aliphatic rings. The molecule has 1 aromatic heterocycles. The summed E-state index contributed by atoms with van der Waals surface area (Å²) in [5.41, 5.74) is 3.32. The predicted molar refractivity (Wildman–Crippen MR) is 120 cm³/mol. The smallest absolute Gasteiger partial charge is 0.220 e. The summed E-state index contributed by atoms with van der Waals surface area (Å²) in [7, 11) is 0. The van der Waals surface area contributed by atoms with Gasteiger partial charge in [-0.25, -0.2) is 4.98 Å². The molecule has 154 valence electrons. The van der Waals surface area contributed by atoms with E-state index in [1.807, 2.05) is 36.4 Å². The first-order chi connectivity index (χ1) is 13.6. The van der Waals surface area contributed by atoms with Gasteiger partial charge in [0.2, 0.25) is 5.91 Å². The van der Waals surface area contributed by atoms with Gasteiger partial charge in [0.1, 0.15) is 5.82 Å². The molecule has 1 amide bonds. The van der Waals surface area contributed by atoms with E-state index in [2.05, 4.69) is 40.3 Å². The summed E-state index contributed by atoms with van der Waals surface area (Å²) >= 11 is 0. The summed E-state index contributed by atoms with van der Waals surface area (Å²) in [5.74, 6) is 1.03. The third-order valence-corrected chi connectivity index (χ3v) is 5.74. The molecule has 0 spiro atoms. The summed E-state index contributed by atoms with van der Waals surface area (Å²) in [6, 6.07) is 18.4. The number of carbonyl (C=O) groups excluding carboxylic acids is 1. The van der Waals surface area contributed by atoms with Crippen LogP contribution in [0.25, 0.3) is 16.7 Å². The first-order valence-electron chi connectivity index (χ1n) is 10.1. The third kappa shape index (κ3) is 4.98. The van der Waals surface area contributed by atoms with Crippen LogP contribution in [0.2, 0.25) is 0 Å². The summed E-state index contributed by atoms with van der Waals surface area (Å²) in [6.07, 6.45) is 3.28. The average molecular weight is 413 g/mol. The van der Waals surface area contributed by atoms with Crippen LogP contribution in [0.1, 0.15) is 32.0 Å². The number of piperidine rings is 1. The Hall–Kier alpha value is -2.37.